The van der Waals surface area contributed by atoms with Gasteiger partial charge >= 0.3 is 0 Å². The molecule has 9 heteroatoms. The van der Waals surface area contributed by atoms with E-state index in [4.69, 9.17) is 0 Å². The number of aryl methyl sites for hydroxylation is 2. The zero-order valence-electron chi connectivity index (χ0n) is 18.2. The van der Waals surface area contributed by atoms with E-state index in [0.717, 1.165) is 36.4 Å². The van der Waals surface area contributed by atoms with Gasteiger partial charge in [-0.15, -0.1) is 0 Å². The molecule has 3 aromatic rings. The molecule has 31 heavy (non-hydrogen) atoms. The summed E-state index contributed by atoms with van der Waals surface area (Å²) in [6.45, 7) is 3.28. The van der Waals surface area contributed by atoms with Gasteiger partial charge in [0.1, 0.15) is 5.82 Å². The standard InChI is InChI=1S/C22H29N5O3S/c1-4-5-14-27-20-10-9-18(31(29,30)26(2)3)15-19(20)25-21(27)11-12-22(28)24-16-17-8-6-7-13-23-17/h6-10,13,15H,4-5,11-12,14,16H2,1-3H3,(H,24,28). The average Bonchev–Trinajstić information content (AvgIpc) is 3.12. The number of nitrogens with zero attached hydrogens (tertiary/aromatic N) is 4. The zero-order chi connectivity index (χ0) is 22.4. The Balaban J connectivity index is 1.78. The molecule has 2 aromatic heterocycles. The van der Waals surface area contributed by atoms with Gasteiger partial charge in [-0.3, -0.25) is 9.78 Å². The number of carbonyl (C=O) groups is 1. The molecule has 166 valence electrons. The number of hydrogen-bond acceptors (Lipinski definition) is 5. The van der Waals surface area contributed by atoms with Gasteiger partial charge in [-0.05, 0) is 36.8 Å². The molecule has 2 heterocycles. The highest BCUT2D eigenvalue weighted by Crippen LogP contribution is 2.23. The first-order valence-corrected chi connectivity index (χ1v) is 11.8. The SMILES string of the molecule is CCCCn1c(CCC(=O)NCc2ccccn2)nc2cc(S(=O)(=O)N(C)C)ccc21. The molecule has 0 radical (unpaired) electrons. The van der Waals surface area contributed by atoms with Crippen LogP contribution in [0.25, 0.3) is 11.0 Å². The number of imidazole rings is 1. The molecule has 0 atom stereocenters. The number of hydrogen-bond donors (Lipinski definition) is 1. The molecule has 3 rings (SSSR count). The Bertz CT molecular complexity index is 1140. The lowest BCUT2D eigenvalue weighted by molar-refractivity contribution is -0.121. The molecule has 0 fully saturated rings. The fraction of sp³-hybridized carbons (Fsp3) is 0.409. The molecular formula is C22H29N5O3S. The quantitative estimate of drug-likeness (QED) is 0.520. The summed E-state index contributed by atoms with van der Waals surface area (Å²) in [6.07, 6.45) is 4.47. The average molecular weight is 444 g/mol. The van der Waals surface area contributed by atoms with Crippen LogP contribution in [0.5, 0.6) is 0 Å². The fourth-order valence-corrected chi connectivity index (χ4v) is 4.22. The monoisotopic (exact) mass is 443 g/mol. The summed E-state index contributed by atoms with van der Waals surface area (Å²) in [6, 6.07) is 10.6. The first-order valence-electron chi connectivity index (χ1n) is 10.4. The van der Waals surface area contributed by atoms with E-state index in [1.807, 2.05) is 18.2 Å². The van der Waals surface area contributed by atoms with Gasteiger partial charge < -0.3 is 9.88 Å². The number of fused-ring (bicyclic) bond motifs is 1. The van der Waals surface area contributed by atoms with Crippen LogP contribution in [0.4, 0.5) is 0 Å². The minimum Gasteiger partial charge on any atom is -0.350 e. The molecule has 0 saturated carbocycles. The van der Waals surface area contributed by atoms with Crippen LogP contribution in [-0.4, -0.2) is 47.3 Å². The van der Waals surface area contributed by atoms with E-state index in [-0.39, 0.29) is 10.8 Å². The minimum absolute atomic E-state index is 0.0735. The molecule has 0 spiro atoms. The van der Waals surface area contributed by atoms with Crippen LogP contribution in [0.2, 0.25) is 0 Å². The summed E-state index contributed by atoms with van der Waals surface area (Å²) in [5.41, 5.74) is 2.32. The van der Waals surface area contributed by atoms with Gasteiger partial charge in [0.2, 0.25) is 15.9 Å². The smallest absolute Gasteiger partial charge is 0.242 e. The number of sulfonamides is 1. The van der Waals surface area contributed by atoms with E-state index in [1.54, 1.807) is 24.4 Å². The van der Waals surface area contributed by atoms with Crippen LogP contribution in [0.15, 0.2) is 47.5 Å². The molecule has 0 bridgehead atoms. The Morgan fingerprint density at radius 3 is 2.68 bits per heavy atom. The number of rotatable bonds is 10. The summed E-state index contributed by atoms with van der Waals surface area (Å²) in [7, 11) is -0.518. The van der Waals surface area contributed by atoms with Crippen molar-refractivity contribution in [3.63, 3.8) is 0 Å². The largest absolute Gasteiger partial charge is 0.350 e. The highest BCUT2D eigenvalue weighted by atomic mass is 32.2. The maximum atomic E-state index is 12.5. The van der Waals surface area contributed by atoms with Crippen molar-refractivity contribution in [3.8, 4) is 0 Å². The second-order valence-electron chi connectivity index (χ2n) is 7.57. The van der Waals surface area contributed by atoms with Crippen LogP contribution in [0, 0.1) is 0 Å². The normalized spacial score (nSPS) is 11.9. The lowest BCUT2D eigenvalue weighted by Crippen LogP contribution is -2.24. The third-order valence-corrected chi connectivity index (χ3v) is 6.89. The predicted molar refractivity (Wildman–Crippen MR) is 120 cm³/mol. The molecular weight excluding hydrogens is 414 g/mol. The Morgan fingerprint density at radius 1 is 1.19 bits per heavy atom. The molecule has 1 N–H and O–H groups in total. The molecule has 0 saturated heterocycles. The van der Waals surface area contributed by atoms with Gasteiger partial charge in [0.25, 0.3) is 0 Å². The van der Waals surface area contributed by atoms with E-state index in [1.165, 1.54) is 18.4 Å². The Hall–Kier alpha value is -2.78. The van der Waals surface area contributed by atoms with E-state index in [2.05, 4.69) is 26.8 Å². The summed E-state index contributed by atoms with van der Waals surface area (Å²) in [5, 5.41) is 2.88. The van der Waals surface area contributed by atoms with Crippen LogP contribution < -0.4 is 5.32 Å². The topological polar surface area (TPSA) is 97.2 Å². The predicted octanol–water partition coefficient (Wildman–Crippen LogP) is 2.73. The highest BCUT2D eigenvalue weighted by Gasteiger charge is 2.20. The van der Waals surface area contributed by atoms with Crippen molar-refractivity contribution in [2.24, 2.45) is 0 Å². The van der Waals surface area contributed by atoms with Crippen molar-refractivity contribution in [2.45, 2.75) is 50.6 Å². The Labute approximate surface area is 183 Å². The maximum absolute atomic E-state index is 12.5. The Kier molecular flexibility index (Phi) is 7.40. The lowest BCUT2D eigenvalue weighted by atomic mass is 10.2. The van der Waals surface area contributed by atoms with Crippen LogP contribution in [0.3, 0.4) is 0 Å². The van der Waals surface area contributed by atoms with Gasteiger partial charge in [0, 0.05) is 39.7 Å². The van der Waals surface area contributed by atoms with Crippen molar-refractivity contribution >= 4 is 27.0 Å². The molecule has 1 amide bonds. The van der Waals surface area contributed by atoms with Crippen LogP contribution in [-0.2, 0) is 34.3 Å². The third kappa shape index (κ3) is 5.48. The molecule has 0 aliphatic carbocycles. The molecule has 1 aromatic carbocycles. The molecule has 8 nitrogen and oxygen atoms in total. The zero-order valence-corrected chi connectivity index (χ0v) is 19.0. The molecule has 0 unspecified atom stereocenters. The van der Waals surface area contributed by atoms with Crippen LogP contribution >= 0.6 is 0 Å². The van der Waals surface area contributed by atoms with Crippen molar-refractivity contribution in [1.82, 2.24) is 24.2 Å². The van der Waals surface area contributed by atoms with Gasteiger partial charge in [0.15, 0.2) is 0 Å². The number of pyridine rings is 1. The van der Waals surface area contributed by atoms with Crippen molar-refractivity contribution in [3.05, 3.63) is 54.1 Å². The summed E-state index contributed by atoms with van der Waals surface area (Å²) in [4.78, 5) is 21.4. The number of aromatic nitrogens is 3. The summed E-state index contributed by atoms with van der Waals surface area (Å²) >= 11 is 0. The number of carbonyl (C=O) groups excluding carboxylic acids is 1. The number of amides is 1. The van der Waals surface area contributed by atoms with E-state index >= 15 is 0 Å². The first kappa shape index (κ1) is 22.9. The summed E-state index contributed by atoms with van der Waals surface area (Å²) < 4.78 is 28.2. The van der Waals surface area contributed by atoms with E-state index in [9.17, 15) is 13.2 Å². The highest BCUT2D eigenvalue weighted by molar-refractivity contribution is 7.89. The number of nitrogens with one attached hydrogen (secondary N) is 1. The molecule has 0 aliphatic heterocycles. The second-order valence-corrected chi connectivity index (χ2v) is 9.72. The van der Waals surface area contributed by atoms with Crippen molar-refractivity contribution < 1.29 is 13.2 Å². The maximum Gasteiger partial charge on any atom is 0.242 e. The Morgan fingerprint density at radius 2 is 2.00 bits per heavy atom. The summed E-state index contributed by atoms with van der Waals surface area (Å²) in [5.74, 6) is 0.714. The van der Waals surface area contributed by atoms with Gasteiger partial charge in [-0.1, -0.05) is 19.4 Å². The number of unbranched alkanes of at least 4 members (excludes halogenated alkanes) is 1. The minimum atomic E-state index is -3.53. The van der Waals surface area contributed by atoms with Crippen molar-refractivity contribution in [1.29, 1.82) is 0 Å². The van der Waals surface area contributed by atoms with E-state index in [0.29, 0.717) is 24.9 Å². The van der Waals surface area contributed by atoms with Crippen molar-refractivity contribution in [2.75, 3.05) is 14.1 Å². The van der Waals surface area contributed by atoms with Crippen LogP contribution in [0.1, 0.15) is 37.7 Å². The van der Waals surface area contributed by atoms with Gasteiger partial charge in [-0.2, -0.15) is 0 Å². The van der Waals surface area contributed by atoms with Gasteiger partial charge in [-0.25, -0.2) is 17.7 Å². The number of benzene rings is 1. The van der Waals surface area contributed by atoms with Gasteiger partial charge in [0.05, 0.1) is 28.2 Å². The molecule has 0 aliphatic rings. The first-order chi connectivity index (χ1) is 14.8. The fourth-order valence-electron chi connectivity index (χ4n) is 3.29. The third-order valence-electron chi connectivity index (χ3n) is 5.08. The lowest BCUT2D eigenvalue weighted by Gasteiger charge is -2.11. The van der Waals surface area contributed by atoms with E-state index < -0.39 is 10.0 Å². The second kappa shape index (κ2) is 10.0.